The van der Waals surface area contributed by atoms with E-state index in [9.17, 15) is 26.5 Å². The number of rotatable bonds is 6. The van der Waals surface area contributed by atoms with Crippen molar-refractivity contribution in [2.75, 3.05) is 0 Å². The van der Waals surface area contributed by atoms with Crippen LogP contribution in [0.1, 0.15) is 11.3 Å². The summed E-state index contributed by atoms with van der Waals surface area (Å²) in [6.07, 6.45) is -3.54. The van der Waals surface area contributed by atoms with Crippen LogP contribution in [-0.2, 0) is 21.6 Å². The quantitative estimate of drug-likeness (QED) is 0.228. The molecule has 16 heteroatoms. The van der Waals surface area contributed by atoms with Crippen LogP contribution in [0, 0.1) is 0 Å². The van der Waals surface area contributed by atoms with Crippen molar-refractivity contribution >= 4 is 24.5 Å². The molecule has 0 aliphatic carbocycles. The van der Waals surface area contributed by atoms with Crippen molar-refractivity contribution in [3.05, 3.63) is 66.3 Å². The van der Waals surface area contributed by atoms with Crippen molar-refractivity contribution in [2.45, 2.75) is 18.7 Å². The standard InChI is InChI=1S/C21H13F5N5O5P/c22-20(23,21(24,25)26)16-7-14(12-3-1-11(2-4-12)9-36-37(32,33)34)13-5-6-17-28-15(19-30-27-10-35-19)8-31(17)18(13)29-16/h1-8,10H,9H2,(H2,32,33,34). The Balaban J connectivity index is 1.71. The third-order valence-corrected chi connectivity index (χ3v) is 5.79. The molecule has 192 valence electrons. The molecule has 0 aliphatic rings. The molecule has 37 heavy (non-hydrogen) atoms. The zero-order chi connectivity index (χ0) is 26.6. The van der Waals surface area contributed by atoms with Crippen molar-refractivity contribution in [2.24, 2.45) is 0 Å². The largest absolute Gasteiger partial charge is 0.469 e. The lowest BCUT2D eigenvalue weighted by atomic mass is 9.99. The average molecular weight is 541 g/mol. The molecular weight excluding hydrogens is 528 g/mol. The Labute approximate surface area is 202 Å². The molecule has 5 rings (SSSR count). The van der Waals surface area contributed by atoms with Gasteiger partial charge in [-0.2, -0.15) is 22.0 Å². The number of halogens is 5. The molecule has 2 N–H and O–H groups in total. The Bertz CT molecular complexity index is 1650. The number of imidazole rings is 1. The topological polar surface area (TPSA) is 136 Å². The fourth-order valence-electron chi connectivity index (χ4n) is 3.60. The molecule has 0 spiro atoms. The monoisotopic (exact) mass is 541 g/mol. The molecule has 0 bridgehead atoms. The van der Waals surface area contributed by atoms with Gasteiger partial charge >= 0.3 is 19.9 Å². The van der Waals surface area contributed by atoms with Crippen LogP contribution in [0.3, 0.4) is 0 Å². The van der Waals surface area contributed by atoms with E-state index >= 15 is 0 Å². The van der Waals surface area contributed by atoms with E-state index in [4.69, 9.17) is 14.2 Å². The Hall–Kier alpha value is -3.78. The fraction of sp³-hybridized carbons (Fsp3) is 0.143. The van der Waals surface area contributed by atoms with Gasteiger partial charge in [-0.25, -0.2) is 14.5 Å². The highest BCUT2D eigenvalue weighted by molar-refractivity contribution is 7.46. The third-order valence-electron chi connectivity index (χ3n) is 5.32. The van der Waals surface area contributed by atoms with Crippen LogP contribution in [0.5, 0.6) is 0 Å². The van der Waals surface area contributed by atoms with Gasteiger partial charge in [0.1, 0.15) is 22.7 Å². The van der Waals surface area contributed by atoms with Gasteiger partial charge in [-0.3, -0.25) is 8.92 Å². The summed E-state index contributed by atoms with van der Waals surface area (Å²) in [5, 5.41) is 7.47. The molecule has 0 fully saturated rings. The maximum absolute atomic E-state index is 14.5. The third kappa shape index (κ3) is 4.69. The summed E-state index contributed by atoms with van der Waals surface area (Å²) in [4.78, 5) is 25.6. The van der Waals surface area contributed by atoms with Crippen LogP contribution >= 0.6 is 7.82 Å². The first-order chi connectivity index (χ1) is 17.3. The summed E-state index contributed by atoms with van der Waals surface area (Å²) < 4.78 is 90.4. The molecule has 1 aromatic carbocycles. The van der Waals surface area contributed by atoms with E-state index in [1.165, 1.54) is 47.0 Å². The molecule has 0 saturated carbocycles. The van der Waals surface area contributed by atoms with Gasteiger partial charge in [0.15, 0.2) is 0 Å². The molecule has 0 amide bonds. The number of phosphoric ester groups is 1. The number of pyridine rings is 2. The summed E-state index contributed by atoms with van der Waals surface area (Å²) in [6.45, 7) is -0.451. The second-order valence-electron chi connectivity index (χ2n) is 7.76. The number of aromatic nitrogens is 5. The maximum atomic E-state index is 14.5. The number of hydrogen-bond donors (Lipinski definition) is 2. The minimum atomic E-state index is -5.91. The van der Waals surface area contributed by atoms with Gasteiger partial charge in [0.2, 0.25) is 6.39 Å². The highest BCUT2D eigenvalue weighted by Crippen LogP contribution is 2.45. The van der Waals surface area contributed by atoms with E-state index in [1.54, 1.807) is 0 Å². The predicted molar refractivity (Wildman–Crippen MR) is 116 cm³/mol. The minimum absolute atomic E-state index is 0.00122. The smallest absolute Gasteiger partial charge is 0.422 e. The van der Waals surface area contributed by atoms with Crippen LogP contribution < -0.4 is 0 Å². The highest BCUT2D eigenvalue weighted by Gasteiger charge is 2.60. The predicted octanol–water partition coefficient (Wildman–Crippen LogP) is 4.86. The van der Waals surface area contributed by atoms with Gasteiger partial charge in [0, 0.05) is 11.6 Å². The summed E-state index contributed by atoms with van der Waals surface area (Å²) in [6, 6.07) is 9.20. The normalized spacial score (nSPS) is 13.1. The van der Waals surface area contributed by atoms with Crippen molar-refractivity contribution in [1.29, 1.82) is 0 Å². The van der Waals surface area contributed by atoms with Crippen LogP contribution in [0.15, 0.2) is 59.5 Å². The number of benzene rings is 1. The first kappa shape index (κ1) is 24.9. The Morgan fingerprint density at radius 3 is 2.38 bits per heavy atom. The van der Waals surface area contributed by atoms with E-state index < -0.39 is 32.2 Å². The van der Waals surface area contributed by atoms with Crippen molar-refractivity contribution in [3.8, 4) is 22.7 Å². The zero-order valence-corrected chi connectivity index (χ0v) is 19.0. The van der Waals surface area contributed by atoms with E-state index in [-0.39, 0.29) is 39.4 Å². The number of fused-ring (bicyclic) bond motifs is 3. The lowest BCUT2D eigenvalue weighted by Gasteiger charge is -2.21. The minimum Gasteiger partial charge on any atom is -0.422 e. The molecule has 5 aromatic rings. The molecule has 0 radical (unpaired) electrons. The van der Waals surface area contributed by atoms with Crippen molar-refractivity contribution in [3.63, 3.8) is 0 Å². The summed E-state index contributed by atoms with van der Waals surface area (Å²) in [7, 11) is -4.74. The summed E-state index contributed by atoms with van der Waals surface area (Å²) >= 11 is 0. The lowest BCUT2D eigenvalue weighted by molar-refractivity contribution is -0.290. The molecule has 0 atom stereocenters. The first-order valence-electron chi connectivity index (χ1n) is 10.2. The molecule has 10 nitrogen and oxygen atoms in total. The van der Waals surface area contributed by atoms with Gasteiger partial charge in [0.25, 0.3) is 5.89 Å². The molecule has 0 unspecified atom stereocenters. The zero-order valence-electron chi connectivity index (χ0n) is 18.1. The maximum Gasteiger partial charge on any atom is 0.469 e. The van der Waals surface area contributed by atoms with E-state index in [0.29, 0.717) is 11.6 Å². The van der Waals surface area contributed by atoms with E-state index in [0.717, 1.165) is 6.39 Å². The van der Waals surface area contributed by atoms with Crippen LogP contribution in [0.4, 0.5) is 22.0 Å². The van der Waals surface area contributed by atoms with E-state index in [2.05, 4.69) is 24.7 Å². The number of nitrogens with zero attached hydrogens (tertiary/aromatic N) is 5. The van der Waals surface area contributed by atoms with Gasteiger partial charge in [-0.05, 0) is 34.9 Å². The number of alkyl halides is 5. The Morgan fingerprint density at radius 1 is 1.03 bits per heavy atom. The Kier molecular flexibility index (Phi) is 5.83. The summed E-state index contributed by atoms with van der Waals surface area (Å²) in [5.41, 5.74) is -0.873. The van der Waals surface area contributed by atoms with E-state index in [1.807, 2.05) is 0 Å². The van der Waals surface area contributed by atoms with Crippen LogP contribution in [-0.4, -0.2) is 40.5 Å². The molecular formula is C21H13F5N5O5P. The summed E-state index contributed by atoms with van der Waals surface area (Å²) in [5.74, 6) is -5.27. The lowest BCUT2D eigenvalue weighted by Crippen LogP contribution is -2.34. The van der Waals surface area contributed by atoms with Crippen molar-refractivity contribution in [1.82, 2.24) is 24.6 Å². The van der Waals surface area contributed by atoms with Gasteiger partial charge < -0.3 is 14.2 Å². The highest BCUT2D eigenvalue weighted by atomic mass is 31.2. The van der Waals surface area contributed by atoms with Crippen LogP contribution in [0.2, 0.25) is 0 Å². The second kappa shape index (κ2) is 8.66. The number of phosphoric acid groups is 1. The van der Waals surface area contributed by atoms with Gasteiger partial charge in [-0.1, -0.05) is 24.3 Å². The molecule has 4 aromatic heterocycles. The average Bonchev–Trinajstić information content (AvgIpc) is 3.51. The molecule has 0 saturated heterocycles. The first-order valence-corrected chi connectivity index (χ1v) is 11.7. The SMILES string of the molecule is O=P(O)(O)OCc1ccc(-c2cc(C(F)(F)C(F)(F)F)nc3c2ccc2nc(-c4nnco4)cn23)cc1. The van der Waals surface area contributed by atoms with Crippen molar-refractivity contribution < 1.29 is 45.2 Å². The van der Waals surface area contributed by atoms with Gasteiger partial charge in [0.05, 0.1) is 6.61 Å². The molecule has 0 aliphatic heterocycles. The Morgan fingerprint density at radius 2 is 1.76 bits per heavy atom. The fourth-order valence-corrected chi connectivity index (χ4v) is 3.92. The second-order valence-corrected chi connectivity index (χ2v) is 9.00. The van der Waals surface area contributed by atoms with Gasteiger partial charge in [-0.15, -0.1) is 10.2 Å². The molecule has 4 heterocycles. The number of hydrogen-bond acceptors (Lipinski definition) is 7. The van der Waals surface area contributed by atoms with Crippen LogP contribution in [0.25, 0.3) is 39.4 Å².